The summed E-state index contributed by atoms with van der Waals surface area (Å²) in [4.78, 5) is 2.51. The first-order valence-electron chi connectivity index (χ1n) is 19.1. The number of hydrogen-bond donors (Lipinski definition) is 0. The van der Waals surface area contributed by atoms with Gasteiger partial charge in [0.15, 0.2) is 0 Å². The van der Waals surface area contributed by atoms with Crippen molar-refractivity contribution in [2.24, 2.45) is 0 Å². The molecule has 0 radical (unpaired) electrons. The number of para-hydroxylation sites is 1. The quantitative estimate of drug-likeness (QED) is 0.160. The van der Waals surface area contributed by atoms with Crippen molar-refractivity contribution in [1.29, 1.82) is 0 Å². The fourth-order valence-corrected chi connectivity index (χ4v) is 10.5. The van der Waals surface area contributed by atoms with E-state index in [1.807, 2.05) is 0 Å². The zero-order chi connectivity index (χ0) is 36.9. The Labute approximate surface area is 325 Å². The minimum Gasteiger partial charge on any atom is -0.310 e. The van der Waals surface area contributed by atoms with Crippen molar-refractivity contribution in [3.63, 3.8) is 0 Å². The average molecular weight is 720 g/mol. The van der Waals surface area contributed by atoms with Gasteiger partial charge in [-0.3, -0.25) is 0 Å². The smallest absolute Gasteiger partial charge is 0.0726 e. The van der Waals surface area contributed by atoms with Crippen LogP contribution in [0.15, 0.2) is 182 Å². The summed E-state index contributed by atoms with van der Waals surface area (Å²) in [6.45, 7) is 4.74. The van der Waals surface area contributed by atoms with Crippen molar-refractivity contribution in [2.75, 3.05) is 4.90 Å². The summed E-state index contributed by atoms with van der Waals surface area (Å²) in [5.41, 5.74) is 21.2. The van der Waals surface area contributed by atoms with Crippen LogP contribution in [0.5, 0.6) is 0 Å². The molecule has 0 amide bonds. The number of rotatable bonds is 5. The Balaban J connectivity index is 1.20. The topological polar surface area (TPSA) is 3.24 Å². The van der Waals surface area contributed by atoms with Crippen LogP contribution in [0.2, 0.25) is 0 Å². The first-order chi connectivity index (χ1) is 27.0. The maximum atomic E-state index is 4.29. The van der Waals surface area contributed by atoms with Crippen molar-refractivity contribution in [2.45, 2.75) is 24.7 Å². The van der Waals surface area contributed by atoms with E-state index in [9.17, 15) is 0 Å². The van der Waals surface area contributed by atoms with E-state index in [0.717, 1.165) is 25.3 Å². The van der Waals surface area contributed by atoms with E-state index in [4.69, 9.17) is 0 Å². The second-order valence-electron chi connectivity index (χ2n) is 15.6. The highest BCUT2D eigenvalue weighted by Gasteiger charge is 2.52. The molecule has 260 valence electrons. The zero-order valence-corrected chi connectivity index (χ0v) is 31.8. The summed E-state index contributed by atoms with van der Waals surface area (Å²) < 4.78 is 0. The highest BCUT2D eigenvalue weighted by molar-refractivity contribution is 7.45. The van der Waals surface area contributed by atoms with Crippen LogP contribution >= 0.6 is 8.20 Å². The largest absolute Gasteiger partial charge is 0.310 e. The summed E-state index contributed by atoms with van der Waals surface area (Å²) in [6.07, 6.45) is 4.29. The summed E-state index contributed by atoms with van der Waals surface area (Å²) in [7, 11) is 1.02. The minimum absolute atomic E-state index is 0.126. The van der Waals surface area contributed by atoms with Crippen molar-refractivity contribution < 1.29 is 0 Å². The molecular weight excluding hydrogens is 682 g/mol. The van der Waals surface area contributed by atoms with Crippen molar-refractivity contribution in [1.82, 2.24) is 0 Å². The van der Waals surface area contributed by atoms with E-state index in [2.05, 4.69) is 207 Å². The predicted molar refractivity (Wildman–Crippen MR) is 234 cm³/mol. The summed E-state index contributed by atoms with van der Waals surface area (Å²) in [6, 6.07) is 68.1. The second kappa shape index (κ2) is 11.9. The lowest BCUT2D eigenvalue weighted by Crippen LogP contribution is -2.27. The van der Waals surface area contributed by atoms with Gasteiger partial charge in [0.1, 0.15) is 0 Å². The predicted octanol–water partition coefficient (Wildman–Crippen LogP) is 13.5. The van der Waals surface area contributed by atoms with Gasteiger partial charge in [-0.05, 0) is 115 Å². The van der Waals surface area contributed by atoms with Crippen LogP contribution in [-0.2, 0) is 10.8 Å². The molecule has 0 heterocycles. The molecule has 8 aromatic carbocycles. The first-order valence-corrected chi connectivity index (χ1v) is 20.2. The molecule has 0 aliphatic heterocycles. The second-order valence-corrected chi connectivity index (χ2v) is 16.4. The molecule has 8 aromatic rings. The molecule has 0 atom stereocenters. The Morgan fingerprint density at radius 3 is 1.49 bits per heavy atom. The van der Waals surface area contributed by atoms with Gasteiger partial charge >= 0.3 is 0 Å². The number of benzene rings is 8. The van der Waals surface area contributed by atoms with Crippen molar-refractivity contribution in [3.8, 4) is 44.5 Å². The molecule has 11 rings (SSSR count). The molecule has 0 bridgehead atoms. The average Bonchev–Trinajstić information content (AvgIpc) is 3.79. The van der Waals surface area contributed by atoms with Gasteiger partial charge in [-0.25, -0.2) is 0 Å². The number of hydrogen-bond acceptors (Lipinski definition) is 1. The van der Waals surface area contributed by atoms with Gasteiger partial charge in [0.05, 0.1) is 11.1 Å². The van der Waals surface area contributed by atoms with Gasteiger partial charge in [-0.1, -0.05) is 168 Å². The molecule has 0 unspecified atom stereocenters. The van der Waals surface area contributed by atoms with Gasteiger partial charge in [0.2, 0.25) is 0 Å². The molecule has 0 fully saturated rings. The van der Waals surface area contributed by atoms with Crippen LogP contribution in [0.4, 0.5) is 17.1 Å². The fourth-order valence-electron chi connectivity index (χ4n) is 10.1. The third-order valence-corrected chi connectivity index (χ3v) is 13.2. The molecule has 3 aliphatic rings. The van der Waals surface area contributed by atoms with Crippen molar-refractivity contribution >= 4 is 36.9 Å². The Morgan fingerprint density at radius 2 is 0.855 bits per heavy atom. The molecule has 1 nitrogen and oxygen atoms in total. The lowest BCUT2D eigenvalue weighted by Gasteiger charge is -2.33. The van der Waals surface area contributed by atoms with Gasteiger partial charge in [-0.2, -0.15) is 0 Å². The Hall–Kier alpha value is -6.27. The highest BCUT2D eigenvalue weighted by atomic mass is 31.1. The van der Waals surface area contributed by atoms with Gasteiger partial charge in [-0.15, -0.1) is 0 Å². The lowest BCUT2D eigenvalue weighted by atomic mass is 9.70. The number of fused-ring (bicyclic) bond motifs is 13. The molecular formula is C53H38NP. The molecule has 0 saturated carbocycles. The first kappa shape index (κ1) is 32.2. The van der Waals surface area contributed by atoms with E-state index in [1.54, 1.807) is 0 Å². The van der Waals surface area contributed by atoms with Gasteiger partial charge < -0.3 is 4.90 Å². The molecule has 3 aliphatic carbocycles. The zero-order valence-electron chi connectivity index (χ0n) is 30.9. The van der Waals surface area contributed by atoms with Gasteiger partial charge in [0.25, 0.3) is 0 Å². The summed E-state index contributed by atoms with van der Waals surface area (Å²) in [5.74, 6) is 0. The van der Waals surface area contributed by atoms with Crippen LogP contribution in [0.3, 0.4) is 0 Å². The van der Waals surface area contributed by atoms with E-state index in [0.29, 0.717) is 0 Å². The Bertz CT molecular complexity index is 2840. The number of nitrogens with zero attached hydrogens (tertiary/aromatic N) is 1. The molecule has 0 N–H and O–H groups in total. The van der Waals surface area contributed by atoms with E-state index in [-0.39, 0.29) is 5.41 Å². The molecule has 0 aromatic heterocycles. The monoisotopic (exact) mass is 719 g/mol. The molecule has 2 heteroatoms. The maximum absolute atomic E-state index is 4.29. The standard InChI is InChI=1S/C53H38NP/c1-52(2)45-21-11-7-18-39(45)42-28-25-35(31-48(42)52)54(51-24-14-10-17-38(51)34-15-5-4-6-16-34)36-26-29-43-44-30-27-37(55-3)33-50(44)53(49(43)32-36)46-22-12-8-19-40(46)41-20-9-13-23-47(41)53/h4-33H,3H2,1-2H3. The van der Waals surface area contributed by atoms with Gasteiger partial charge in [0, 0.05) is 27.7 Å². The summed E-state index contributed by atoms with van der Waals surface area (Å²) in [5, 5.41) is 1.23. The van der Waals surface area contributed by atoms with Crippen LogP contribution in [0.1, 0.15) is 47.2 Å². The van der Waals surface area contributed by atoms with Crippen LogP contribution in [-0.4, -0.2) is 6.30 Å². The third-order valence-electron chi connectivity index (χ3n) is 12.6. The SMILES string of the molecule is C=Pc1ccc2c(c1)C1(c3ccccc3-c3ccccc31)c1cc(N(c3ccc4c(c3)C(C)(C)c3ccccc3-4)c3ccccc3-c3ccccc3)ccc1-2. The molecule has 1 spiro atoms. The van der Waals surface area contributed by atoms with E-state index in [1.165, 1.54) is 83.2 Å². The van der Waals surface area contributed by atoms with Crippen molar-refractivity contribution in [3.05, 3.63) is 215 Å². The van der Waals surface area contributed by atoms with E-state index >= 15 is 0 Å². The summed E-state index contributed by atoms with van der Waals surface area (Å²) >= 11 is 0. The molecule has 55 heavy (non-hydrogen) atoms. The Morgan fingerprint density at radius 1 is 0.400 bits per heavy atom. The Kier molecular flexibility index (Phi) is 6.94. The lowest BCUT2D eigenvalue weighted by molar-refractivity contribution is 0.660. The molecule has 0 saturated heterocycles. The van der Waals surface area contributed by atoms with Crippen LogP contribution in [0, 0.1) is 0 Å². The van der Waals surface area contributed by atoms with Crippen LogP contribution < -0.4 is 10.2 Å². The number of anilines is 3. The normalized spacial score (nSPS) is 14.5. The highest BCUT2D eigenvalue weighted by Crippen LogP contribution is 2.63. The van der Waals surface area contributed by atoms with E-state index < -0.39 is 5.41 Å². The van der Waals surface area contributed by atoms with Crippen LogP contribution in [0.25, 0.3) is 44.5 Å². The third kappa shape index (κ3) is 4.39. The fraction of sp³-hybridized carbons (Fsp3) is 0.0755. The minimum atomic E-state index is -0.458. The maximum Gasteiger partial charge on any atom is 0.0726 e.